The number of amides is 2. The number of carbonyl (C=O) groups is 2. The second-order valence-corrected chi connectivity index (χ2v) is 8.99. The maximum Gasteiger partial charge on any atom is 0.273 e. The second-order valence-electron chi connectivity index (χ2n) is 8.99. The third-order valence-electron chi connectivity index (χ3n) is 6.26. The van der Waals surface area contributed by atoms with Gasteiger partial charge in [0.15, 0.2) is 0 Å². The smallest absolute Gasteiger partial charge is 0.273 e. The van der Waals surface area contributed by atoms with E-state index in [1.54, 1.807) is 37.1 Å². The molecule has 10 heteroatoms. The number of aromatic nitrogens is 3. The highest BCUT2D eigenvalue weighted by Gasteiger charge is 2.35. The van der Waals surface area contributed by atoms with Gasteiger partial charge in [-0.1, -0.05) is 19.1 Å². The van der Waals surface area contributed by atoms with Crippen molar-refractivity contribution in [3.8, 4) is 17.0 Å². The number of hydrogen-bond donors (Lipinski definition) is 1. The highest BCUT2D eigenvalue weighted by Crippen LogP contribution is 2.30. The minimum atomic E-state index is -0.511. The molecule has 2 amide bonds. The Labute approximate surface area is 208 Å². The lowest BCUT2D eigenvalue weighted by molar-refractivity contribution is 0.0312. The largest absolute Gasteiger partial charge is 0.472 e. The fraction of sp³-hybridized carbons (Fsp3) is 0.346. The maximum atomic E-state index is 13.8. The van der Waals surface area contributed by atoms with Crippen LogP contribution in [-0.2, 0) is 0 Å². The van der Waals surface area contributed by atoms with Crippen LogP contribution in [0.5, 0.6) is 5.88 Å². The van der Waals surface area contributed by atoms with Crippen LogP contribution in [0.1, 0.15) is 34.7 Å². The first-order valence-corrected chi connectivity index (χ1v) is 11.6. The van der Waals surface area contributed by atoms with Gasteiger partial charge in [-0.15, -0.1) is 0 Å². The van der Waals surface area contributed by atoms with Gasteiger partial charge in [0, 0.05) is 43.7 Å². The van der Waals surface area contributed by atoms with Gasteiger partial charge in [0.25, 0.3) is 11.8 Å². The van der Waals surface area contributed by atoms with Crippen LogP contribution in [0.3, 0.4) is 0 Å². The molecule has 1 aromatic carbocycles. The van der Waals surface area contributed by atoms with Crippen molar-refractivity contribution in [3.05, 3.63) is 72.2 Å². The van der Waals surface area contributed by atoms with Gasteiger partial charge < -0.3 is 19.6 Å². The monoisotopic (exact) mass is 493 g/mol. The van der Waals surface area contributed by atoms with E-state index >= 15 is 0 Å². The van der Waals surface area contributed by atoms with Crippen LogP contribution in [0, 0.1) is 11.7 Å². The highest BCUT2D eigenvalue weighted by molar-refractivity contribution is 5.98. The number of ether oxygens (including phenoxy) is 1. The number of rotatable bonds is 6. The Morgan fingerprint density at radius 2 is 2.06 bits per heavy atom. The standard InChI is InChI=1S/C26H28FN5O4/c1-16-13-32(17(2)15-33)25(34)21-10-19(18-5-4-6-20(27)9-18)11-30-24(21)36-23(16)14-31(3)26(35)22-12-28-7-8-29-22/h4-12,16-17,23,33H,13-15H2,1-3H3/t16-,17-,23+/m0/s1. The molecule has 9 nitrogen and oxygen atoms in total. The fourth-order valence-electron chi connectivity index (χ4n) is 4.10. The zero-order valence-electron chi connectivity index (χ0n) is 20.3. The van der Waals surface area contributed by atoms with E-state index in [1.165, 1.54) is 41.8 Å². The summed E-state index contributed by atoms with van der Waals surface area (Å²) in [5.74, 6) is -1.13. The molecule has 3 heterocycles. The summed E-state index contributed by atoms with van der Waals surface area (Å²) in [6.07, 6.45) is 5.36. The molecule has 0 fully saturated rings. The maximum absolute atomic E-state index is 13.8. The number of likely N-dealkylation sites (N-methyl/N-ethyl adjacent to an activating group) is 1. The minimum Gasteiger partial charge on any atom is -0.472 e. The van der Waals surface area contributed by atoms with Crippen molar-refractivity contribution < 1.29 is 23.8 Å². The first-order chi connectivity index (χ1) is 17.3. The van der Waals surface area contributed by atoms with Crippen molar-refractivity contribution in [1.82, 2.24) is 24.8 Å². The summed E-state index contributed by atoms with van der Waals surface area (Å²) in [6, 6.07) is 7.19. The van der Waals surface area contributed by atoms with Gasteiger partial charge in [0.2, 0.25) is 5.88 Å². The summed E-state index contributed by atoms with van der Waals surface area (Å²) in [4.78, 5) is 41.9. The van der Waals surface area contributed by atoms with Gasteiger partial charge in [0.1, 0.15) is 23.2 Å². The molecule has 1 aliphatic heterocycles. The molecule has 0 aliphatic carbocycles. The van der Waals surface area contributed by atoms with E-state index < -0.39 is 18.0 Å². The van der Waals surface area contributed by atoms with Crippen molar-refractivity contribution >= 4 is 11.8 Å². The predicted molar refractivity (Wildman–Crippen MR) is 130 cm³/mol. The van der Waals surface area contributed by atoms with Crippen LogP contribution in [0.15, 0.2) is 55.1 Å². The number of pyridine rings is 1. The van der Waals surface area contributed by atoms with Crippen LogP contribution in [0.4, 0.5) is 4.39 Å². The highest BCUT2D eigenvalue weighted by atomic mass is 19.1. The van der Waals surface area contributed by atoms with E-state index in [1.807, 2.05) is 6.92 Å². The zero-order chi connectivity index (χ0) is 25.8. The molecule has 36 heavy (non-hydrogen) atoms. The lowest BCUT2D eigenvalue weighted by Crippen LogP contribution is -2.50. The molecule has 0 radical (unpaired) electrons. The number of halogens is 1. The lowest BCUT2D eigenvalue weighted by Gasteiger charge is -2.37. The van der Waals surface area contributed by atoms with Crippen LogP contribution in [-0.4, -0.2) is 80.6 Å². The topological polar surface area (TPSA) is 109 Å². The molecule has 0 unspecified atom stereocenters. The lowest BCUT2D eigenvalue weighted by atomic mass is 9.99. The Morgan fingerprint density at radius 3 is 2.75 bits per heavy atom. The quantitative estimate of drug-likeness (QED) is 0.562. The van der Waals surface area contributed by atoms with Gasteiger partial charge in [-0.2, -0.15) is 0 Å². The molecule has 0 spiro atoms. The zero-order valence-corrected chi connectivity index (χ0v) is 20.3. The van der Waals surface area contributed by atoms with Crippen molar-refractivity contribution in [2.45, 2.75) is 26.0 Å². The van der Waals surface area contributed by atoms with Gasteiger partial charge >= 0.3 is 0 Å². The molecule has 0 bridgehead atoms. The molecule has 1 aliphatic rings. The van der Waals surface area contributed by atoms with E-state index in [-0.39, 0.29) is 48.0 Å². The molecule has 4 rings (SSSR count). The summed E-state index contributed by atoms with van der Waals surface area (Å²) in [5.41, 5.74) is 1.54. The van der Waals surface area contributed by atoms with E-state index in [9.17, 15) is 19.1 Å². The molecule has 0 saturated carbocycles. The molecule has 2 aromatic heterocycles. The van der Waals surface area contributed by atoms with Gasteiger partial charge in [-0.25, -0.2) is 14.4 Å². The average molecular weight is 494 g/mol. The van der Waals surface area contributed by atoms with E-state index in [2.05, 4.69) is 15.0 Å². The third-order valence-corrected chi connectivity index (χ3v) is 6.26. The Balaban J connectivity index is 1.69. The Kier molecular flexibility index (Phi) is 7.54. The fourth-order valence-corrected chi connectivity index (χ4v) is 4.10. The molecular weight excluding hydrogens is 465 g/mol. The number of benzene rings is 1. The van der Waals surface area contributed by atoms with Crippen molar-refractivity contribution in [1.29, 1.82) is 0 Å². The SMILES string of the molecule is C[C@H]1CN([C@@H](C)CO)C(=O)c2cc(-c3cccc(F)c3)cnc2O[C@@H]1CN(C)C(=O)c1cnccn1. The van der Waals surface area contributed by atoms with Crippen molar-refractivity contribution in [2.24, 2.45) is 5.92 Å². The van der Waals surface area contributed by atoms with Gasteiger partial charge in [-0.3, -0.25) is 14.6 Å². The summed E-state index contributed by atoms with van der Waals surface area (Å²) >= 11 is 0. The number of hydrogen-bond acceptors (Lipinski definition) is 7. The number of fused-ring (bicyclic) bond motifs is 1. The normalized spacial score (nSPS) is 18.5. The molecule has 3 atom stereocenters. The summed E-state index contributed by atoms with van der Waals surface area (Å²) in [7, 11) is 1.65. The van der Waals surface area contributed by atoms with Crippen LogP contribution in [0.25, 0.3) is 11.1 Å². The van der Waals surface area contributed by atoms with E-state index in [0.29, 0.717) is 17.7 Å². The molecule has 0 saturated heterocycles. The molecule has 188 valence electrons. The average Bonchev–Trinajstić information content (AvgIpc) is 2.90. The number of nitrogens with zero attached hydrogens (tertiary/aromatic N) is 5. The minimum absolute atomic E-state index is 0.118. The summed E-state index contributed by atoms with van der Waals surface area (Å²) < 4.78 is 20.0. The first-order valence-electron chi connectivity index (χ1n) is 11.6. The number of carbonyl (C=O) groups excluding carboxylic acids is 2. The first kappa shape index (κ1) is 25.2. The Morgan fingerprint density at radius 1 is 1.25 bits per heavy atom. The third kappa shape index (κ3) is 5.33. The van der Waals surface area contributed by atoms with Crippen LogP contribution in [0.2, 0.25) is 0 Å². The summed E-state index contributed by atoms with van der Waals surface area (Å²) in [5, 5.41) is 9.83. The van der Waals surface area contributed by atoms with E-state index in [4.69, 9.17) is 4.74 Å². The Hall–Kier alpha value is -3.92. The van der Waals surface area contributed by atoms with Gasteiger partial charge in [-0.05, 0) is 30.7 Å². The van der Waals surface area contributed by atoms with Crippen LogP contribution < -0.4 is 4.74 Å². The number of aliphatic hydroxyl groups is 1. The molecule has 3 aromatic rings. The van der Waals surface area contributed by atoms with Crippen LogP contribution >= 0.6 is 0 Å². The van der Waals surface area contributed by atoms with Crippen molar-refractivity contribution in [2.75, 3.05) is 26.7 Å². The van der Waals surface area contributed by atoms with E-state index in [0.717, 1.165) is 0 Å². The Bertz CT molecular complexity index is 1240. The molecule has 1 N–H and O–H groups in total. The van der Waals surface area contributed by atoms with Crippen molar-refractivity contribution in [3.63, 3.8) is 0 Å². The molecular formula is C26H28FN5O4. The summed E-state index contributed by atoms with van der Waals surface area (Å²) in [6.45, 7) is 3.96. The second kappa shape index (κ2) is 10.8. The number of aliphatic hydroxyl groups excluding tert-OH is 1. The predicted octanol–water partition coefficient (Wildman–Crippen LogP) is 2.67. The van der Waals surface area contributed by atoms with Gasteiger partial charge in [0.05, 0.1) is 25.4 Å².